The summed E-state index contributed by atoms with van der Waals surface area (Å²) in [5, 5.41) is 7.98. The zero-order chi connectivity index (χ0) is 24.9. The molecule has 0 saturated heterocycles. The van der Waals surface area contributed by atoms with Gasteiger partial charge in [0, 0.05) is 24.3 Å². The number of rotatable bonds is 18. The Morgan fingerprint density at radius 1 is 0.719 bits per heavy atom. The number of ether oxygens (including phenoxy) is 4. The van der Waals surface area contributed by atoms with Crippen molar-refractivity contribution < 1.29 is 47.5 Å². The first-order chi connectivity index (χ1) is 14.6. The smallest absolute Gasteiger partial charge is 0.140 e. The topological polar surface area (TPSA) is 147 Å². The molecule has 0 aromatic carbocycles. The van der Waals surface area contributed by atoms with Crippen LogP contribution in [0.15, 0.2) is 0 Å². The molecule has 1 N–H and O–H groups in total. The molecule has 0 amide bonds. The maximum atomic E-state index is 12.0. The lowest BCUT2D eigenvalue weighted by molar-refractivity contribution is -0.206. The molecule has 0 spiro atoms. The molecule has 0 aromatic heterocycles. The fraction of sp³-hybridized carbons (Fsp3) is 1.00. The predicted octanol–water partition coefficient (Wildman–Crippen LogP) is 1.61. The highest BCUT2D eigenvalue weighted by atomic mass is 31.2. The van der Waals surface area contributed by atoms with E-state index in [2.05, 4.69) is 0 Å². The quantitative estimate of drug-likeness (QED) is 0.216. The molecule has 0 saturated carbocycles. The zero-order valence-electron chi connectivity index (χ0n) is 20.4. The number of aliphatic hydroxyl groups excluding tert-OH is 1. The lowest BCUT2D eigenvalue weighted by Gasteiger charge is -2.36. The monoisotopic (exact) mass is 504 g/mol. The van der Waals surface area contributed by atoms with Gasteiger partial charge in [0.2, 0.25) is 0 Å². The third kappa shape index (κ3) is 14.4. The molecule has 0 radical (unpaired) electrons. The van der Waals surface area contributed by atoms with Gasteiger partial charge in [-0.25, -0.2) is 0 Å². The van der Waals surface area contributed by atoms with Gasteiger partial charge < -0.3 is 47.5 Å². The van der Waals surface area contributed by atoms with E-state index in [-0.39, 0.29) is 26.0 Å². The molecular weight excluding hydrogens is 462 g/mol. The van der Waals surface area contributed by atoms with Gasteiger partial charge in [0.1, 0.15) is 13.7 Å². The summed E-state index contributed by atoms with van der Waals surface area (Å²) in [6, 6.07) is 0. The van der Waals surface area contributed by atoms with Crippen LogP contribution < -0.4 is 9.79 Å². The van der Waals surface area contributed by atoms with Crippen molar-refractivity contribution in [1.29, 1.82) is 0 Å². The Hall–Kier alpha value is 0.140. The summed E-state index contributed by atoms with van der Waals surface area (Å²) >= 11 is 0. The van der Waals surface area contributed by atoms with E-state index in [0.717, 1.165) is 0 Å². The standard InChI is InChI=1S/C20H44O10P2/c1-19(2,3)31(22,23)15-7-8-26-9-10-27-11-12-28-13-14-29-16-18(21)17-30-32(24,25)20(4,5)6/h18,21H,7-17H2,1-6H3,(H,22,23)(H,24,25)/p-2. The highest BCUT2D eigenvalue weighted by Gasteiger charge is 2.27. The van der Waals surface area contributed by atoms with E-state index >= 15 is 0 Å². The molecule has 0 aliphatic carbocycles. The van der Waals surface area contributed by atoms with Gasteiger partial charge in [-0.1, -0.05) is 41.5 Å². The molecule has 3 unspecified atom stereocenters. The summed E-state index contributed by atoms with van der Waals surface area (Å²) in [6.07, 6.45) is -0.445. The minimum atomic E-state index is -4.05. The Labute approximate surface area is 192 Å². The Morgan fingerprint density at radius 3 is 1.59 bits per heavy atom. The lowest BCUT2D eigenvalue weighted by Crippen LogP contribution is -2.29. The van der Waals surface area contributed by atoms with E-state index in [1.165, 1.54) is 20.8 Å². The van der Waals surface area contributed by atoms with Crippen LogP contribution in [0.3, 0.4) is 0 Å². The fourth-order valence-corrected chi connectivity index (χ4v) is 3.99. The molecule has 0 rings (SSSR count). The van der Waals surface area contributed by atoms with E-state index in [4.69, 9.17) is 23.5 Å². The molecule has 194 valence electrons. The molecule has 0 heterocycles. The van der Waals surface area contributed by atoms with Gasteiger partial charge in [0.15, 0.2) is 0 Å². The second-order valence-corrected chi connectivity index (χ2v) is 15.2. The van der Waals surface area contributed by atoms with Crippen molar-refractivity contribution >= 4 is 15.0 Å². The van der Waals surface area contributed by atoms with Crippen LogP contribution in [0.25, 0.3) is 0 Å². The summed E-state index contributed by atoms with van der Waals surface area (Å²) in [5.41, 5.74) is 0. The minimum absolute atomic E-state index is 0.0567. The molecular formula is C20H42O10P2-2. The van der Waals surface area contributed by atoms with Crippen LogP contribution in [-0.4, -0.2) is 87.1 Å². The average molecular weight is 504 g/mol. The van der Waals surface area contributed by atoms with Gasteiger partial charge in [-0.05, 0) is 12.6 Å². The van der Waals surface area contributed by atoms with Gasteiger partial charge in [-0.15, -0.1) is 0 Å². The largest absolute Gasteiger partial charge is 0.799 e. The highest BCUT2D eigenvalue weighted by molar-refractivity contribution is 7.58. The third-order valence-corrected chi connectivity index (χ3v) is 9.53. The van der Waals surface area contributed by atoms with Gasteiger partial charge in [0.05, 0.1) is 52.9 Å². The third-order valence-electron chi connectivity index (χ3n) is 4.45. The van der Waals surface area contributed by atoms with Gasteiger partial charge in [-0.2, -0.15) is 0 Å². The molecule has 10 nitrogen and oxygen atoms in total. The number of aliphatic hydroxyl groups is 1. The molecule has 0 aliphatic heterocycles. The van der Waals surface area contributed by atoms with Crippen molar-refractivity contribution in [3.05, 3.63) is 0 Å². The summed E-state index contributed by atoms with van der Waals surface area (Å²) in [4.78, 5) is 23.8. The first kappa shape index (κ1) is 32.1. The molecule has 0 aliphatic rings. The molecule has 0 fully saturated rings. The molecule has 12 heteroatoms. The Kier molecular flexibility index (Phi) is 15.3. The molecule has 32 heavy (non-hydrogen) atoms. The van der Waals surface area contributed by atoms with E-state index in [9.17, 15) is 24.0 Å². The summed E-state index contributed by atoms with van der Waals surface area (Å²) in [5.74, 6) is 0. The fourth-order valence-electron chi connectivity index (χ4n) is 2.02. The maximum absolute atomic E-state index is 12.0. The van der Waals surface area contributed by atoms with Crippen LogP contribution in [0.5, 0.6) is 0 Å². The normalized spacial score (nSPS) is 17.7. The minimum Gasteiger partial charge on any atom is -0.799 e. The van der Waals surface area contributed by atoms with Crippen LogP contribution in [0, 0.1) is 0 Å². The van der Waals surface area contributed by atoms with Crippen LogP contribution in [0.1, 0.15) is 48.0 Å². The van der Waals surface area contributed by atoms with Crippen molar-refractivity contribution in [2.45, 2.75) is 64.4 Å². The van der Waals surface area contributed by atoms with E-state index in [0.29, 0.717) is 46.1 Å². The molecule has 0 bridgehead atoms. The van der Waals surface area contributed by atoms with Crippen molar-refractivity contribution in [2.24, 2.45) is 0 Å². The van der Waals surface area contributed by atoms with Crippen LogP contribution in [0.2, 0.25) is 0 Å². The average Bonchev–Trinajstić information content (AvgIpc) is 2.64. The van der Waals surface area contributed by atoms with Crippen molar-refractivity contribution in [2.75, 3.05) is 65.6 Å². The maximum Gasteiger partial charge on any atom is 0.140 e. The second kappa shape index (κ2) is 15.2. The van der Waals surface area contributed by atoms with Gasteiger partial charge >= 0.3 is 0 Å². The van der Waals surface area contributed by atoms with Crippen LogP contribution >= 0.6 is 15.0 Å². The summed E-state index contributed by atoms with van der Waals surface area (Å²) in [7, 11) is -7.46. The van der Waals surface area contributed by atoms with Crippen LogP contribution in [0.4, 0.5) is 0 Å². The zero-order valence-corrected chi connectivity index (χ0v) is 22.2. The SMILES string of the molecule is CC(C)(C)P(=O)([O-])CCCOCCOCCOCCOCC(O)COP(=O)([O-])C(C)(C)C. The first-order valence-corrected chi connectivity index (χ1v) is 14.2. The Bertz CT molecular complexity index is 586. The van der Waals surface area contributed by atoms with E-state index < -0.39 is 31.4 Å². The van der Waals surface area contributed by atoms with E-state index in [1.54, 1.807) is 20.8 Å². The van der Waals surface area contributed by atoms with Gasteiger partial charge in [0.25, 0.3) is 0 Å². The highest BCUT2D eigenvalue weighted by Crippen LogP contribution is 2.51. The second-order valence-electron chi connectivity index (χ2n) is 9.45. The lowest BCUT2D eigenvalue weighted by atomic mass is 10.3. The van der Waals surface area contributed by atoms with Crippen molar-refractivity contribution in [1.82, 2.24) is 0 Å². The van der Waals surface area contributed by atoms with Crippen molar-refractivity contribution in [3.8, 4) is 0 Å². The van der Waals surface area contributed by atoms with Gasteiger partial charge in [-0.3, -0.25) is 0 Å². The van der Waals surface area contributed by atoms with Crippen LogP contribution in [-0.2, 0) is 32.6 Å². The first-order valence-electron chi connectivity index (χ1n) is 10.8. The Balaban J connectivity index is 3.50. The summed E-state index contributed by atoms with van der Waals surface area (Å²) in [6.45, 7) is 11.7. The predicted molar refractivity (Wildman–Crippen MR) is 119 cm³/mol. The Morgan fingerprint density at radius 2 is 1.16 bits per heavy atom. The molecule has 0 aromatic rings. The van der Waals surface area contributed by atoms with E-state index in [1.807, 2.05) is 0 Å². The summed E-state index contributed by atoms with van der Waals surface area (Å²) < 4.78 is 49.9. The molecule has 3 atom stereocenters. The number of hydrogen-bond acceptors (Lipinski definition) is 10. The van der Waals surface area contributed by atoms with Crippen molar-refractivity contribution in [3.63, 3.8) is 0 Å². The number of hydrogen-bond donors (Lipinski definition) is 1.